The van der Waals surface area contributed by atoms with E-state index < -0.39 is 23.8 Å². The fourth-order valence-corrected chi connectivity index (χ4v) is 1.27. The van der Waals surface area contributed by atoms with Gasteiger partial charge < -0.3 is 15.5 Å². The van der Waals surface area contributed by atoms with Crippen LogP contribution in [0.3, 0.4) is 0 Å². The molecule has 1 aromatic rings. The van der Waals surface area contributed by atoms with Crippen molar-refractivity contribution in [2.45, 2.75) is 12.2 Å². The van der Waals surface area contributed by atoms with E-state index in [1.165, 1.54) is 0 Å². The summed E-state index contributed by atoms with van der Waals surface area (Å²) < 4.78 is 25.7. The average molecular weight is 217 g/mol. The van der Waals surface area contributed by atoms with Crippen LogP contribution in [0.1, 0.15) is 11.7 Å². The molecule has 3 N–H and O–H groups in total. The Kier molecular flexibility index (Phi) is 4.14. The van der Waals surface area contributed by atoms with E-state index in [-0.39, 0.29) is 12.1 Å². The van der Waals surface area contributed by atoms with Gasteiger partial charge in [-0.25, -0.2) is 8.78 Å². The minimum Gasteiger partial charge on any atom is -0.389 e. The van der Waals surface area contributed by atoms with E-state index in [1.54, 1.807) is 7.05 Å². The summed E-state index contributed by atoms with van der Waals surface area (Å²) in [4.78, 5) is 0. The second kappa shape index (κ2) is 5.16. The first-order valence-electron chi connectivity index (χ1n) is 4.52. The fraction of sp³-hybridized carbons (Fsp3) is 0.400. The highest BCUT2D eigenvalue weighted by Crippen LogP contribution is 2.20. The quantitative estimate of drug-likeness (QED) is 0.691. The van der Waals surface area contributed by atoms with Crippen LogP contribution in [0.4, 0.5) is 8.78 Å². The van der Waals surface area contributed by atoms with E-state index in [0.717, 1.165) is 12.1 Å². The molecule has 2 atom stereocenters. The molecule has 0 spiro atoms. The third-order valence-electron chi connectivity index (χ3n) is 2.06. The number of benzene rings is 1. The van der Waals surface area contributed by atoms with Gasteiger partial charge in [0.1, 0.15) is 17.7 Å². The van der Waals surface area contributed by atoms with E-state index in [1.807, 2.05) is 0 Å². The third-order valence-corrected chi connectivity index (χ3v) is 2.06. The highest BCUT2D eigenvalue weighted by Gasteiger charge is 2.20. The molecule has 84 valence electrons. The van der Waals surface area contributed by atoms with Crippen molar-refractivity contribution in [2.75, 3.05) is 13.6 Å². The molecule has 0 heterocycles. The number of halogens is 2. The van der Waals surface area contributed by atoms with Gasteiger partial charge in [-0.05, 0) is 13.1 Å². The normalized spacial score (nSPS) is 15.0. The van der Waals surface area contributed by atoms with Gasteiger partial charge in [0.2, 0.25) is 0 Å². The Morgan fingerprint density at radius 1 is 1.33 bits per heavy atom. The van der Waals surface area contributed by atoms with Gasteiger partial charge in [-0.2, -0.15) is 0 Å². The summed E-state index contributed by atoms with van der Waals surface area (Å²) in [7, 11) is 1.59. The first-order valence-corrected chi connectivity index (χ1v) is 4.52. The SMILES string of the molecule is CNCC(O)C(O)c1ccc(F)cc1F. The molecule has 0 radical (unpaired) electrons. The molecule has 1 aromatic carbocycles. The monoisotopic (exact) mass is 217 g/mol. The smallest absolute Gasteiger partial charge is 0.132 e. The highest BCUT2D eigenvalue weighted by atomic mass is 19.1. The van der Waals surface area contributed by atoms with Gasteiger partial charge >= 0.3 is 0 Å². The van der Waals surface area contributed by atoms with E-state index >= 15 is 0 Å². The van der Waals surface area contributed by atoms with Crippen molar-refractivity contribution in [1.29, 1.82) is 0 Å². The summed E-state index contributed by atoms with van der Waals surface area (Å²) in [6, 6.07) is 2.83. The number of aliphatic hydroxyl groups excluding tert-OH is 2. The molecule has 0 amide bonds. The van der Waals surface area contributed by atoms with Crippen molar-refractivity contribution >= 4 is 0 Å². The van der Waals surface area contributed by atoms with Crippen molar-refractivity contribution in [3.05, 3.63) is 35.4 Å². The lowest BCUT2D eigenvalue weighted by Gasteiger charge is -2.18. The van der Waals surface area contributed by atoms with E-state index in [4.69, 9.17) is 0 Å². The number of hydrogen-bond donors (Lipinski definition) is 3. The number of nitrogens with one attached hydrogen (secondary N) is 1. The van der Waals surface area contributed by atoms with E-state index in [9.17, 15) is 19.0 Å². The van der Waals surface area contributed by atoms with Crippen LogP contribution in [0, 0.1) is 11.6 Å². The minimum atomic E-state index is -1.36. The maximum Gasteiger partial charge on any atom is 0.132 e. The second-order valence-corrected chi connectivity index (χ2v) is 3.24. The molecule has 0 aromatic heterocycles. The number of likely N-dealkylation sites (N-methyl/N-ethyl adjacent to an activating group) is 1. The molecule has 1 rings (SSSR count). The van der Waals surface area contributed by atoms with Crippen molar-refractivity contribution in [2.24, 2.45) is 0 Å². The molecule has 0 bridgehead atoms. The summed E-state index contributed by atoms with van der Waals surface area (Å²) in [6.07, 6.45) is -2.49. The van der Waals surface area contributed by atoms with Crippen LogP contribution in [-0.4, -0.2) is 29.9 Å². The third kappa shape index (κ3) is 2.95. The van der Waals surface area contributed by atoms with Gasteiger partial charge in [0, 0.05) is 18.2 Å². The Labute approximate surface area is 86.4 Å². The van der Waals surface area contributed by atoms with Crippen LogP contribution in [0.15, 0.2) is 18.2 Å². The zero-order valence-electron chi connectivity index (χ0n) is 8.24. The van der Waals surface area contributed by atoms with Gasteiger partial charge in [0.25, 0.3) is 0 Å². The van der Waals surface area contributed by atoms with Gasteiger partial charge in [-0.3, -0.25) is 0 Å². The molecule has 5 heteroatoms. The topological polar surface area (TPSA) is 52.5 Å². The maximum absolute atomic E-state index is 13.2. The van der Waals surface area contributed by atoms with Crippen molar-refractivity contribution in [3.63, 3.8) is 0 Å². The molecule has 2 unspecified atom stereocenters. The molecule has 0 aliphatic heterocycles. The lowest BCUT2D eigenvalue weighted by atomic mass is 10.0. The van der Waals surface area contributed by atoms with Crippen molar-refractivity contribution in [3.8, 4) is 0 Å². The predicted octanol–water partition coefficient (Wildman–Crippen LogP) is 0.578. The number of rotatable bonds is 4. The van der Waals surface area contributed by atoms with Crippen molar-refractivity contribution < 1.29 is 19.0 Å². The molecule has 3 nitrogen and oxygen atoms in total. The zero-order chi connectivity index (χ0) is 11.4. The summed E-state index contributed by atoms with van der Waals surface area (Å²) in [6.45, 7) is 0.123. The standard InChI is InChI=1S/C10H13F2NO2/c1-13-5-9(14)10(15)7-3-2-6(11)4-8(7)12/h2-4,9-10,13-15H,5H2,1H3. The minimum absolute atomic E-state index is 0.112. The Morgan fingerprint density at radius 2 is 2.00 bits per heavy atom. The summed E-state index contributed by atoms with van der Waals surface area (Å²) in [5, 5.41) is 21.6. The lowest BCUT2D eigenvalue weighted by molar-refractivity contribution is 0.0181. The lowest BCUT2D eigenvalue weighted by Crippen LogP contribution is -2.30. The van der Waals surface area contributed by atoms with Crippen LogP contribution in [0.2, 0.25) is 0 Å². The first kappa shape index (κ1) is 12.0. The second-order valence-electron chi connectivity index (χ2n) is 3.24. The van der Waals surface area contributed by atoms with Crippen LogP contribution < -0.4 is 5.32 Å². The van der Waals surface area contributed by atoms with Crippen LogP contribution in [0.5, 0.6) is 0 Å². The summed E-state index contributed by atoms with van der Waals surface area (Å²) in [5.41, 5.74) is -0.112. The molecule has 0 saturated heterocycles. The highest BCUT2D eigenvalue weighted by molar-refractivity contribution is 5.21. The maximum atomic E-state index is 13.2. The molecule has 0 aliphatic rings. The summed E-state index contributed by atoms with van der Waals surface area (Å²) in [5.74, 6) is -1.58. The summed E-state index contributed by atoms with van der Waals surface area (Å²) >= 11 is 0. The van der Waals surface area contributed by atoms with Gasteiger partial charge in [-0.15, -0.1) is 0 Å². The molecule has 0 fully saturated rings. The Bertz CT molecular complexity index is 333. The number of hydrogen-bond acceptors (Lipinski definition) is 3. The fourth-order valence-electron chi connectivity index (χ4n) is 1.27. The molecule has 15 heavy (non-hydrogen) atoms. The van der Waals surface area contributed by atoms with Gasteiger partial charge in [-0.1, -0.05) is 6.07 Å². The van der Waals surface area contributed by atoms with Gasteiger partial charge in [0.05, 0.1) is 6.10 Å². The predicted molar refractivity (Wildman–Crippen MR) is 51.3 cm³/mol. The largest absolute Gasteiger partial charge is 0.389 e. The van der Waals surface area contributed by atoms with Gasteiger partial charge in [0.15, 0.2) is 0 Å². The van der Waals surface area contributed by atoms with E-state index in [0.29, 0.717) is 6.07 Å². The average Bonchev–Trinajstić information content (AvgIpc) is 2.17. The van der Waals surface area contributed by atoms with Crippen molar-refractivity contribution in [1.82, 2.24) is 5.32 Å². The Hall–Kier alpha value is -1.04. The van der Waals surface area contributed by atoms with Crippen LogP contribution in [0.25, 0.3) is 0 Å². The van der Waals surface area contributed by atoms with Crippen LogP contribution in [-0.2, 0) is 0 Å². The van der Waals surface area contributed by atoms with Crippen LogP contribution >= 0.6 is 0 Å². The Balaban J connectivity index is 2.86. The molecular formula is C10H13F2NO2. The number of aliphatic hydroxyl groups is 2. The molecular weight excluding hydrogens is 204 g/mol. The zero-order valence-corrected chi connectivity index (χ0v) is 8.24. The molecule has 0 aliphatic carbocycles. The first-order chi connectivity index (χ1) is 7.06. The molecule has 0 saturated carbocycles. The Morgan fingerprint density at radius 3 is 2.53 bits per heavy atom. The van der Waals surface area contributed by atoms with E-state index in [2.05, 4.69) is 5.32 Å².